The van der Waals surface area contributed by atoms with Crippen molar-refractivity contribution in [2.24, 2.45) is 5.84 Å². The summed E-state index contributed by atoms with van der Waals surface area (Å²) in [7, 11) is 0. The Kier molecular flexibility index (Phi) is 3.01. The topological polar surface area (TPSA) is 110 Å². The summed E-state index contributed by atoms with van der Waals surface area (Å²) in [4.78, 5) is 4.10. The number of hydrogen-bond acceptors (Lipinski definition) is 6. The predicted octanol–water partition coefficient (Wildman–Crippen LogP) is -0.0619. The molecule has 0 aliphatic heterocycles. The summed E-state index contributed by atoms with van der Waals surface area (Å²) in [5, 5.41) is 14.6. The van der Waals surface area contributed by atoms with Gasteiger partial charge in [0.15, 0.2) is 0 Å². The Bertz CT molecular complexity index is 630. The number of nitrogens with zero attached hydrogens (tertiary/aromatic N) is 5. The minimum absolute atomic E-state index is 0.363. The molecule has 8 nitrogen and oxygen atoms in total. The second-order valence-corrected chi connectivity index (χ2v) is 3.88. The van der Waals surface area contributed by atoms with Crippen LogP contribution < -0.4 is 11.3 Å². The van der Waals surface area contributed by atoms with Crippen molar-refractivity contribution in [1.82, 2.24) is 35.6 Å². The number of H-pyrrole nitrogens is 1. The van der Waals surface area contributed by atoms with Gasteiger partial charge in [0.1, 0.15) is 18.2 Å². The molecule has 2 heterocycles. The summed E-state index contributed by atoms with van der Waals surface area (Å²) in [6, 6.07) is 9.31. The quantitative estimate of drug-likeness (QED) is 0.445. The SMILES string of the molecule is NNC(c1ncn[nH]1)c1cnnn1-c1ccccc1. The van der Waals surface area contributed by atoms with Gasteiger partial charge < -0.3 is 0 Å². The number of aromatic amines is 1. The zero-order valence-corrected chi connectivity index (χ0v) is 9.93. The number of nitrogens with two attached hydrogens (primary N) is 1. The summed E-state index contributed by atoms with van der Waals surface area (Å²) < 4.78 is 1.70. The Morgan fingerprint density at radius 1 is 1.26 bits per heavy atom. The van der Waals surface area contributed by atoms with Gasteiger partial charge >= 0.3 is 0 Å². The van der Waals surface area contributed by atoms with Crippen LogP contribution in [0.15, 0.2) is 42.9 Å². The van der Waals surface area contributed by atoms with Crippen LogP contribution in [0.5, 0.6) is 0 Å². The van der Waals surface area contributed by atoms with Crippen molar-refractivity contribution in [3.8, 4) is 5.69 Å². The predicted molar refractivity (Wildman–Crippen MR) is 66.9 cm³/mol. The largest absolute Gasteiger partial charge is 0.270 e. The van der Waals surface area contributed by atoms with Crippen molar-refractivity contribution < 1.29 is 0 Å². The maximum atomic E-state index is 5.60. The number of aromatic nitrogens is 6. The normalized spacial score (nSPS) is 12.5. The molecule has 1 unspecified atom stereocenters. The second-order valence-electron chi connectivity index (χ2n) is 3.88. The lowest BCUT2D eigenvalue weighted by atomic mass is 10.2. The van der Waals surface area contributed by atoms with Crippen molar-refractivity contribution >= 4 is 0 Å². The Morgan fingerprint density at radius 3 is 2.79 bits per heavy atom. The van der Waals surface area contributed by atoms with Crippen molar-refractivity contribution in [2.75, 3.05) is 0 Å². The van der Waals surface area contributed by atoms with E-state index in [4.69, 9.17) is 5.84 Å². The Labute approximate surface area is 108 Å². The van der Waals surface area contributed by atoms with E-state index in [1.165, 1.54) is 6.33 Å². The van der Waals surface area contributed by atoms with E-state index in [0.717, 1.165) is 11.4 Å². The third-order valence-electron chi connectivity index (χ3n) is 2.75. The van der Waals surface area contributed by atoms with E-state index in [2.05, 4.69) is 30.9 Å². The number of hydrogen-bond donors (Lipinski definition) is 3. The highest BCUT2D eigenvalue weighted by molar-refractivity contribution is 5.33. The van der Waals surface area contributed by atoms with Crippen LogP contribution in [-0.4, -0.2) is 30.2 Å². The molecule has 3 aromatic rings. The molecule has 0 fully saturated rings. The fraction of sp³-hybridized carbons (Fsp3) is 0.0909. The molecule has 0 bridgehead atoms. The third-order valence-corrected chi connectivity index (χ3v) is 2.75. The standard InChI is InChI=1S/C11H12N8/c12-16-10(11-13-7-15-17-11)9-6-14-18-19(9)8-4-2-1-3-5-8/h1-7,10,16H,12H2,(H,13,15,17). The van der Waals surface area contributed by atoms with Crippen molar-refractivity contribution in [3.05, 3.63) is 54.4 Å². The highest BCUT2D eigenvalue weighted by atomic mass is 15.4. The van der Waals surface area contributed by atoms with Crippen molar-refractivity contribution in [3.63, 3.8) is 0 Å². The van der Waals surface area contributed by atoms with Gasteiger partial charge in [-0.05, 0) is 12.1 Å². The number of nitrogens with one attached hydrogen (secondary N) is 2. The molecule has 0 aliphatic rings. The molecule has 0 saturated carbocycles. The highest BCUT2D eigenvalue weighted by Gasteiger charge is 2.21. The van der Waals surface area contributed by atoms with E-state index < -0.39 is 0 Å². The number of rotatable bonds is 4. The van der Waals surface area contributed by atoms with Gasteiger partial charge in [0.25, 0.3) is 0 Å². The summed E-state index contributed by atoms with van der Waals surface area (Å²) >= 11 is 0. The molecule has 8 heteroatoms. The molecule has 0 aliphatic carbocycles. The van der Waals surface area contributed by atoms with Gasteiger partial charge in [-0.2, -0.15) is 5.10 Å². The first-order chi connectivity index (χ1) is 9.40. The average Bonchev–Trinajstić information content (AvgIpc) is 3.12. The van der Waals surface area contributed by atoms with Crippen molar-refractivity contribution in [2.45, 2.75) is 6.04 Å². The van der Waals surface area contributed by atoms with E-state index in [-0.39, 0.29) is 6.04 Å². The van der Waals surface area contributed by atoms with Gasteiger partial charge in [-0.1, -0.05) is 23.4 Å². The zero-order valence-electron chi connectivity index (χ0n) is 9.93. The van der Waals surface area contributed by atoms with Crippen LogP contribution in [0.3, 0.4) is 0 Å². The molecule has 0 radical (unpaired) electrons. The van der Waals surface area contributed by atoms with E-state index in [1.807, 2.05) is 30.3 Å². The molecule has 0 spiro atoms. The number of hydrazine groups is 1. The molecule has 1 aromatic carbocycles. The molecule has 1 atom stereocenters. The highest BCUT2D eigenvalue weighted by Crippen LogP contribution is 2.19. The van der Waals surface area contributed by atoms with E-state index in [0.29, 0.717) is 5.82 Å². The molecule has 3 rings (SSSR count). The lowest BCUT2D eigenvalue weighted by molar-refractivity contribution is 0.569. The Morgan fingerprint density at radius 2 is 2.11 bits per heavy atom. The Balaban J connectivity index is 2.04. The molecule has 4 N–H and O–H groups in total. The van der Waals surface area contributed by atoms with Gasteiger partial charge in [-0.25, -0.2) is 15.1 Å². The summed E-state index contributed by atoms with van der Waals surface area (Å²) in [6.45, 7) is 0. The first-order valence-corrected chi connectivity index (χ1v) is 5.67. The Hall–Kier alpha value is -2.58. The molecule has 19 heavy (non-hydrogen) atoms. The molecule has 0 amide bonds. The van der Waals surface area contributed by atoms with Crippen LogP contribution >= 0.6 is 0 Å². The molecule has 0 saturated heterocycles. The molecular formula is C11H12N8. The maximum Gasteiger partial charge on any atom is 0.148 e. The minimum Gasteiger partial charge on any atom is -0.270 e. The average molecular weight is 256 g/mol. The van der Waals surface area contributed by atoms with E-state index in [9.17, 15) is 0 Å². The number of para-hydroxylation sites is 1. The van der Waals surface area contributed by atoms with E-state index >= 15 is 0 Å². The molecular weight excluding hydrogens is 244 g/mol. The van der Waals surface area contributed by atoms with Crippen LogP contribution in [0.1, 0.15) is 17.6 Å². The molecule has 96 valence electrons. The fourth-order valence-corrected chi connectivity index (χ4v) is 1.87. The van der Waals surface area contributed by atoms with Crippen LogP contribution in [0.2, 0.25) is 0 Å². The fourth-order valence-electron chi connectivity index (χ4n) is 1.87. The van der Waals surface area contributed by atoms with Crippen LogP contribution in [-0.2, 0) is 0 Å². The summed E-state index contributed by atoms with van der Waals surface area (Å²) in [5.41, 5.74) is 4.35. The lowest BCUT2D eigenvalue weighted by Crippen LogP contribution is -2.31. The van der Waals surface area contributed by atoms with Gasteiger partial charge in [-0.3, -0.25) is 10.9 Å². The third kappa shape index (κ3) is 2.09. The molecule has 2 aromatic heterocycles. The zero-order chi connectivity index (χ0) is 13.1. The smallest absolute Gasteiger partial charge is 0.148 e. The lowest BCUT2D eigenvalue weighted by Gasteiger charge is -2.14. The minimum atomic E-state index is -0.363. The van der Waals surface area contributed by atoms with Gasteiger partial charge in [0, 0.05) is 0 Å². The van der Waals surface area contributed by atoms with Crippen LogP contribution in [0.25, 0.3) is 5.69 Å². The second kappa shape index (κ2) is 4.96. The monoisotopic (exact) mass is 256 g/mol. The first kappa shape index (κ1) is 11.5. The van der Waals surface area contributed by atoms with Crippen LogP contribution in [0.4, 0.5) is 0 Å². The summed E-state index contributed by atoms with van der Waals surface area (Å²) in [6.07, 6.45) is 3.07. The van der Waals surface area contributed by atoms with Gasteiger partial charge in [-0.15, -0.1) is 5.10 Å². The van der Waals surface area contributed by atoms with Crippen molar-refractivity contribution in [1.29, 1.82) is 0 Å². The number of benzene rings is 1. The maximum absolute atomic E-state index is 5.60. The van der Waals surface area contributed by atoms with Gasteiger partial charge in [0.2, 0.25) is 0 Å². The van der Waals surface area contributed by atoms with E-state index in [1.54, 1.807) is 10.9 Å². The first-order valence-electron chi connectivity index (χ1n) is 5.67. The van der Waals surface area contributed by atoms with Gasteiger partial charge in [0.05, 0.1) is 17.6 Å². The van der Waals surface area contributed by atoms with Crippen LogP contribution in [0, 0.1) is 0 Å². The summed E-state index contributed by atoms with van der Waals surface area (Å²) in [5.74, 6) is 6.19.